The maximum absolute atomic E-state index is 13.0. The third-order valence-corrected chi connectivity index (χ3v) is 7.68. The Bertz CT molecular complexity index is 1220. The van der Waals surface area contributed by atoms with Gasteiger partial charge in [-0.15, -0.1) is 11.0 Å². The molecule has 10 heteroatoms. The number of ether oxygens (including phenoxy) is 2. The van der Waals surface area contributed by atoms with Crippen molar-refractivity contribution in [1.82, 2.24) is 4.90 Å². The van der Waals surface area contributed by atoms with Gasteiger partial charge in [-0.05, 0) is 66.2 Å². The molecule has 0 spiro atoms. The summed E-state index contributed by atoms with van der Waals surface area (Å²) in [4.78, 5) is 14.7. The lowest BCUT2D eigenvalue weighted by Crippen LogP contribution is -2.29. The molecule has 0 unspecified atom stereocenters. The molecule has 0 bridgehead atoms. The third-order valence-electron chi connectivity index (χ3n) is 4.75. The molecule has 1 saturated heterocycles. The average Bonchev–Trinajstić information content (AvgIpc) is 3.08. The van der Waals surface area contributed by atoms with E-state index in [2.05, 4.69) is 33.8 Å². The van der Waals surface area contributed by atoms with Gasteiger partial charge in [-0.1, -0.05) is 41.4 Å². The predicted octanol–water partition coefficient (Wildman–Crippen LogP) is 5.48. The van der Waals surface area contributed by atoms with E-state index in [0.717, 1.165) is 29.1 Å². The summed E-state index contributed by atoms with van der Waals surface area (Å²) in [7, 11) is -2.45. The smallest absolute Gasteiger partial charge is 0.284 e. The number of amidine groups is 1. The fourth-order valence-corrected chi connectivity index (χ4v) is 5.45. The third kappa shape index (κ3) is 6.31. The number of thioether (sulfide) groups is 1. The minimum Gasteiger partial charge on any atom is -0.493 e. The van der Waals surface area contributed by atoms with E-state index in [1.165, 1.54) is 23.1 Å². The molecule has 1 aliphatic heterocycles. The molecule has 0 saturated carbocycles. The van der Waals surface area contributed by atoms with Crippen LogP contribution in [0.25, 0.3) is 6.08 Å². The molecule has 1 heterocycles. The quantitative estimate of drug-likeness (QED) is 0.215. The number of methoxy groups -OCH3 is 1. The first-order valence-electron chi connectivity index (χ1n) is 10.5. The van der Waals surface area contributed by atoms with Crippen LogP contribution in [0.5, 0.6) is 11.5 Å². The van der Waals surface area contributed by atoms with Crippen LogP contribution in [0.2, 0.25) is 0 Å². The number of amides is 1. The van der Waals surface area contributed by atoms with Crippen molar-refractivity contribution >= 4 is 54.9 Å². The second-order valence-corrected chi connectivity index (χ2v) is 10.8. The molecule has 34 heavy (non-hydrogen) atoms. The van der Waals surface area contributed by atoms with Gasteiger partial charge in [0.25, 0.3) is 15.9 Å². The molecule has 0 atom stereocenters. The molecular weight excluding hydrogens is 540 g/mol. The fourth-order valence-electron chi connectivity index (χ4n) is 3.00. The van der Waals surface area contributed by atoms with Crippen LogP contribution in [0.4, 0.5) is 0 Å². The molecule has 0 radical (unpaired) electrons. The SMILES string of the molecule is C=CCN1C(=O)/C(=C/c2ccc(OCCCC)c(OC)c2)S/C1=N/S(=O)(=O)c1ccc(Br)cc1. The zero-order valence-corrected chi connectivity index (χ0v) is 22.1. The molecule has 1 amide bonds. The van der Waals surface area contributed by atoms with Crippen LogP contribution in [0.15, 0.2) is 73.8 Å². The Morgan fingerprint density at radius 2 is 1.91 bits per heavy atom. The molecule has 3 rings (SSSR count). The molecule has 180 valence electrons. The van der Waals surface area contributed by atoms with Crippen LogP contribution in [0, 0.1) is 0 Å². The summed E-state index contributed by atoms with van der Waals surface area (Å²) in [5.74, 6) is 0.826. The van der Waals surface area contributed by atoms with Crippen molar-refractivity contribution in [2.75, 3.05) is 20.3 Å². The van der Waals surface area contributed by atoms with Crippen molar-refractivity contribution in [2.45, 2.75) is 24.7 Å². The van der Waals surface area contributed by atoms with Crippen LogP contribution in [0.3, 0.4) is 0 Å². The number of carbonyl (C=O) groups excluding carboxylic acids is 1. The van der Waals surface area contributed by atoms with Gasteiger partial charge in [-0.25, -0.2) is 0 Å². The molecular formula is C24H25BrN2O5S2. The number of carbonyl (C=O) groups is 1. The van der Waals surface area contributed by atoms with Crippen LogP contribution < -0.4 is 9.47 Å². The standard InChI is InChI=1S/C24H25BrN2O5S2/c1-4-6-14-32-20-12-7-17(15-21(20)31-3)16-22-23(28)27(13-5-2)24(33-22)26-34(29,30)19-10-8-18(25)9-11-19/h5,7-12,15-16H,2,4,6,13-14H2,1,3H3/b22-16-,26-24+. The molecule has 0 aromatic heterocycles. The topological polar surface area (TPSA) is 85.3 Å². The Morgan fingerprint density at radius 1 is 1.18 bits per heavy atom. The minimum absolute atomic E-state index is 0.0376. The highest BCUT2D eigenvalue weighted by atomic mass is 79.9. The normalized spacial score (nSPS) is 16.3. The Hall–Kier alpha value is -2.56. The first kappa shape index (κ1) is 26.1. The number of hydrogen-bond acceptors (Lipinski definition) is 6. The minimum atomic E-state index is -4.00. The monoisotopic (exact) mass is 564 g/mol. The van der Waals surface area contributed by atoms with Gasteiger partial charge in [0, 0.05) is 11.0 Å². The number of hydrogen-bond donors (Lipinski definition) is 0. The van der Waals surface area contributed by atoms with Gasteiger partial charge in [-0.2, -0.15) is 8.42 Å². The van der Waals surface area contributed by atoms with Gasteiger partial charge in [-0.3, -0.25) is 9.69 Å². The summed E-state index contributed by atoms with van der Waals surface area (Å²) in [6, 6.07) is 11.5. The van der Waals surface area contributed by atoms with Crippen molar-refractivity contribution in [2.24, 2.45) is 4.40 Å². The van der Waals surface area contributed by atoms with Gasteiger partial charge in [0.1, 0.15) is 0 Å². The van der Waals surface area contributed by atoms with Crippen LogP contribution in [-0.4, -0.2) is 44.7 Å². The van der Waals surface area contributed by atoms with E-state index in [4.69, 9.17) is 9.47 Å². The van der Waals surface area contributed by atoms with Crippen LogP contribution >= 0.6 is 27.7 Å². The summed E-state index contributed by atoms with van der Waals surface area (Å²) in [6.07, 6.45) is 5.16. The first-order chi connectivity index (χ1) is 16.3. The summed E-state index contributed by atoms with van der Waals surface area (Å²) in [5.41, 5.74) is 0.714. The number of rotatable bonds is 10. The summed E-state index contributed by atoms with van der Waals surface area (Å²) >= 11 is 4.28. The van der Waals surface area contributed by atoms with E-state index in [-0.39, 0.29) is 22.5 Å². The van der Waals surface area contributed by atoms with Gasteiger partial charge in [0.2, 0.25) is 0 Å². The van der Waals surface area contributed by atoms with Gasteiger partial charge in [0.15, 0.2) is 16.7 Å². The van der Waals surface area contributed by atoms with Crippen molar-refractivity contribution in [1.29, 1.82) is 0 Å². The van der Waals surface area contributed by atoms with E-state index < -0.39 is 10.0 Å². The Labute approximate surface area is 212 Å². The lowest BCUT2D eigenvalue weighted by molar-refractivity contribution is -0.121. The number of sulfonamides is 1. The van der Waals surface area contributed by atoms with Gasteiger partial charge < -0.3 is 9.47 Å². The Morgan fingerprint density at radius 3 is 2.56 bits per heavy atom. The lowest BCUT2D eigenvalue weighted by Gasteiger charge is -2.12. The molecule has 2 aromatic rings. The van der Waals surface area contributed by atoms with Crippen molar-refractivity contribution < 1.29 is 22.7 Å². The number of nitrogens with zero attached hydrogens (tertiary/aromatic N) is 2. The van der Waals surface area contributed by atoms with Crippen LogP contribution in [-0.2, 0) is 14.8 Å². The predicted molar refractivity (Wildman–Crippen MR) is 140 cm³/mol. The molecule has 1 aliphatic rings. The summed E-state index contributed by atoms with van der Waals surface area (Å²) in [6.45, 7) is 6.47. The molecule has 0 N–H and O–H groups in total. The number of benzene rings is 2. The molecule has 1 fully saturated rings. The number of unbranched alkanes of at least 4 members (excludes halogenated alkanes) is 1. The zero-order chi connectivity index (χ0) is 24.7. The molecule has 0 aliphatic carbocycles. The lowest BCUT2D eigenvalue weighted by atomic mass is 10.2. The van der Waals surface area contributed by atoms with Gasteiger partial charge >= 0.3 is 0 Å². The molecule has 2 aromatic carbocycles. The Balaban J connectivity index is 1.92. The first-order valence-corrected chi connectivity index (χ1v) is 13.6. The van der Waals surface area contributed by atoms with Crippen molar-refractivity contribution in [3.05, 3.63) is 70.1 Å². The maximum atomic E-state index is 13.0. The fraction of sp³-hybridized carbons (Fsp3) is 0.250. The van der Waals surface area contributed by atoms with Crippen LogP contribution in [0.1, 0.15) is 25.3 Å². The van der Waals surface area contributed by atoms with E-state index in [1.54, 1.807) is 37.5 Å². The van der Waals surface area contributed by atoms with E-state index in [9.17, 15) is 13.2 Å². The highest BCUT2D eigenvalue weighted by Gasteiger charge is 2.34. The van der Waals surface area contributed by atoms with E-state index in [0.29, 0.717) is 28.6 Å². The van der Waals surface area contributed by atoms with Crippen molar-refractivity contribution in [3.8, 4) is 11.5 Å². The second-order valence-electron chi connectivity index (χ2n) is 7.23. The summed E-state index contributed by atoms with van der Waals surface area (Å²) in [5, 5.41) is 0.0746. The highest BCUT2D eigenvalue weighted by molar-refractivity contribution is 9.10. The Kier molecular flexibility index (Phi) is 8.98. The highest BCUT2D eigenvalue weighted by Crippen LogP contribution is 2.35. The molecule has 7 nitrogen and oxygen atoms in total. The zero-order valence-electron chi connectivity index (χ0n) is 18.9. The van der Waals surface area contributed by atoms with E-state index in [1.807, 2.05) is 6.07 Å². The summed E-state index contributed by atoms with van der Waals surface area (Å²) < 4.78 is 41.5. The van der Waals surface area contributed by atoms with Gasteiger partial charge in [0.05, 0.1) is 23.5 Å². The van der Waals surface area contributed by atoms with E-state index >= 15 is 0 Å². The maximum Gasteiger partial charge on any atom is 0.284 e. The number of halogens is 1. The second kappa shape index (κ2) is 11.7. The average molecular weight is 566 g/mol. The largest absolute Gasteiger partial charge is 0.493 e. The van der Waals surface area contributed by atoms with Crippen molar-refractivity contribution in [3.63, 3.8) is 0 Å².